The Labute approximate surface area is 178 Å². The van der Waals surface area contributed by atoms with Gasteiger partial charge in [0.05, 0.1) is 18.2 Å². The van der Waals surface area contributed by atoms with Crippen molar-refractivity contribution < 1.29 is 14.6 Å². The Morgan fingerprint density at radius 1 is 1.28 bits per heavy atom. The molecule has 1 aliphatic heterocycles. The van der Waals surface area contributed by atoms with Gasteiger partial charge in [0.2, 0.25) is 0 Å². The normalized spacial score (nSPS) is 18.6. The number of methoxy groups -OCH3 is 1. The molecule has 1 aromatic heterocycles. The Morgan fingerprint density at radius 2 is 2.00 bits per heavy atom. The number of nitrogens with zero attached hydrogens (tertiary/aromatic N) is 1. The van der Waals surface area contributed by atoms with Gasteiger partial charge in [0, 0.05) is 16.6 Å². The number of ether oxygens (including phenoxy) is 1. The monoisotopic (exact) mass is 430 g/mol. The van der Waals surface area contributed by atoms with E-state index in [0.29, 0.717) is 16.6 Å². The summed E-state index contributed by atoms with van der Waals surface area (Å²) in [5.41, 5.74) is -0.424. The summed E-state index contributed by atoms with van der Waals surface area (Å²) in [6.07, 6.45) is 1.57. The maximum absolute atomic E-state index is 13.1. The summed E-state index contributed by atoms with van der Waals surface area (Å²) in [5, 5.41) is 16.4. The van der Waals surface area contributed by atoms with Crippen LogP contribution < -0.4 is 10.1 Å². The smallest absolute Gasteiger partial charge is 0.322 e. The summed E-state index contributed by atoms with van der Waals surface area (Å²) >= 11 is 7.93. The number of benzene rings is 2. The van der Waals surface area contributed by atoms with Gasteiger partial charge in [0.15, 0.2) is 0 Å². The fourth-order valence-corrected chi connectivity index (χ4v) is 5.35. The van der Waals surface area contributed by atoms with Crippen LogP contribution in [0.4, 0.5) is 9.80 Å². The Morgan fingerprint density at radius 3 is 2.69 bits per heavy atom. The number of hydrogen-bond donors (Lipinski definition) is 2. The van der Waals surface area contributed by atoms with Crippen LogP contribution in [0.5, 0.6) is 5.75 Å². The molecule has 2 N–H and O–H groups in total. The van der Waals surface area contributed by atoms with Crippen molar-refractivity contribution in [2.75, 3.05) is 19.0 Å². The number of carbonyl (C=O) groups is 1. The Bertz CT molecular complexity index is 1030. The zero-order valence-corrected chi connectivity index (χ0v) is 17.9. The second-order valence-electron chi connectivity index (χ2n) is 7.40. The molecule has 1 saturated heterocycles. The van der Waals surface area contributed by atoms with Crippen molar-refractivity contribution in [3.8, 4) is 5.75 Å². The topological polar surface area (TPSA) is 61.8 Å². The van der Waals surface area contributed by atoms with Crippen molar-refractivity contribution in [3.05, 3.63) is 59.1 Å². The molecule has 0 spiro atoms. The number of nitrogens with one attached hydrogen (secondary N) is 1. The molecule has 152 valence electrons. The summed E-state index contributed by atoms with van der Waals surface area (Å²) in [6, 6.07) is 14.6. The molecule has 0 bridgehead atoms. The predicted molar refractivity (Wildman–Crippen MR) is 118 cm³/mol. The molecule has 5 nitrogen and oxygen atoms in total. The van der Waals surface area contributed by atoms with E-state index in [1.54, 1.807) is 18.9 Å². The van der Waals surface area contributed by atoms with Crippen LogP contribution in [0.1, 0.15) is 25.3 Å². The highest BCUT2D eigenvalue weighted by molar-refractivity contribution is 7.23. The van der Waals surface area contributed by atoms with Crippen molar-refractivity contribution >= 4 is 44.1 Å². The van der Waals surface area contributed by atoms with E-state index in [1.165, 1.54) is 11.3 Å². The molecule has 1 aliphatic rings. The maximum Gasteiger partial charge on any atom is 0.322 e. The summed E-state index contributed by atoms with van der Waals surface area (Å²) in [5.74, 6) is 0.727. The fraction of sp³-hybridized carbons (Fsp3) is 0.318. The van der Waals surface area contributed by atoms with Gasteiger partial charge < -0.3 is 14.7 Å². The molecule has 1 fully saturated rings. The van der Waals surface area contributed by atoms with Crippen LogP contribution in [0.15, 0.2) is 48.5 Å². The van der Waals surface area contributed by atoms with Crippen molar-refractivity contribution in [1.29, 1.82) is 0 Å². The fourth-order valence-electron chi connectivity index (χ4n) is 3.98. The number of hydrogen-bond acceptors (Lipinski definition) is 4. The minimum atomic E-state index is -1.18. The van der Waals surface area contributed by atoms with Gasteiger partial charge in [-0.2, -0.15) is 0 Å². The molecule has 2 unspecified atom stereocenters. The maximum atomic E-state index is 13.1. The molecule has 0 saturated carbocycles. The Kier molecular flexibility index (Phi) is 5.42. The summed E-state index contributed by atoms with van der Waals surface area (Å²) < 4.78 is 6.23. The lowest BCUT2D eigenvalue weighted by molar-refractivity contribution is -0.00943. The average molecular weight is 431 g/mol. The number of thiophene rings is 1. The van der Waals surface area contributed by atoms with Gasteiger partial charge in [0.1, 0.15) is 16.4 Å². The molecule has 29 heavy (non-hydrogen) atoms. The third-order valence-electron chi connectivity index (χ3n) is 5.59. The number of carbonyl (C=O) groups excluding carboxylic acids is 1. The largest absolute Gasteiger partial charge is 0.497 e. The highest BCUT2D eigenvalue weighted by Crippen LogP contribution is 2.40. The first-order valence-electron chi connectivity index (χ1n) is 9.53. The van der Waals surface area contributed by atoms with E-state index in [2.05, 4.69) is 5.32 Å². The number of amides is 2. The van der Waals surface area contributed by atoms with Gasteiger partial charge >= 0.3 is 6.03 Å². The lowest BCUT2D eigenvalue weighted by Gasteiger charge is -2.36. The predicted octanol–water partition coefficient (Wildman–Crippen LogP) is 5.47. The lowest BCUT2D eigenvalue weighted by Crippen LogP contribution is -2.49. The number of rotatable bonds is 4. The van der Waals surface area contributed by atoms with Crippen LogP contribution in [0.25, 0.3) is 10.1 Å². The average Bonchev–Trinajstić information content (AvgIpc) is 3.34. The number of fused-ring (bicyclic) bond motifs is 1. The van der Waals surface area contributed by atoms with Crippen molar-refractivity contribution in [1.82, 2.24) is 4.90 Å². The Hall–Kier alpha value is -2.28. The summed E-state index contributed by atoms with van der Waals surface area (Å²) in [7, 11) is 1.61. The molecule has 3 aromatic rings. The van der Waals surface area contributed by atoms with Gasteiger partial charge in [0.25, 0.3) is 0 Å². The quantitative estimate of drug-likeness (QED) is 0.577. The van der Waals surface area contributed by atoms with E-state index in [-0.39, 0.29) is 12.1 Å². The minimum absolute atomic E-state index is 0.241. The zero-order chi connectivity index (χ0) is 20.6. The molecular formula is C22H23ClN2O3S. The zero-order valence-electron chi connectivity index (χ0n) is 16.3. The van der Waals surface area contributed by atoms with E-state index < -0.39 is 5.60 Å². The minimum Gasteiger partial charge on any atom is -0.497 e. The van der Waals surface area contributed by atoms with Crippen molar-refractivity contribution in [2.45, 2.75) is 31.4 Å². The van der Waals surface area contributed by atoms with Crippen molar-refractivity contribution in [2.24, 2.45) is 0 Å². The van der Waals surface area contributed by atoms with E-state index in [4.69, 9.17) is 16.3 Å². The van der Waals surface area contributed by atoms with Crippen LogP contribution in [-0.2, 0) is 5.60 Å². The molecule has 0 aliphatic carbocycles. The Balaban J connectivity index is 1.56. The second-order valence-corrected chi connectivity index (χ2v) is 8.83. The number of aliphatic hydroxyl groups is 1. The number of urea groups is 1. The molecule has 4 rings (SSSR count). The third kappa shape index (κ3) is 3.68. The van der Waals surface area contributed by atoms with E-state index in [9.17, 15) is 9.90 Å². The van der Waals surface area contributed by atoms with Crippen LogP contribution in [0, 0.1) is 0 Å². The van der Waals surface area contributed by atoms with Crippen molar-refractivity contribution in [3.63, 3.8) is 0 Å². The SMILES string of the molecule is COc1ccc(C(C)(O)C2CCCN2C(=O)Nc2sc3ccccc3c2Cl)cc1. The molecular weight excluding hydrogens is 408 g/mol. The van der Waals surface area contributed by atoms with E-state index in [1.807, 2.05) is 48.5 Å². The first-order valence-corrected chi connectivity index (χ1v) is 10.7. The van der Waals surface area contributed by atoms with Gasteiger partial charge in [-0.1, -0.05) is 41.9 Å². The molecule has 2 atom stereocenters. The first kappa shape index (κ1) is 20.0. The molecule has 2 amide bonds. The summed E-state index contributed by atoms with van der Waals surface area (Å²) in [6.45, 7) is 2.35. The molecule has 2 heterocycles. The lowest BCUT2D eigenvalue weighted by atomic mass is 9.86. The van der Waals surface area contributed by atoms with Crippen LogP contribution in [0.3, 0.4) is 0 Å². The standard InChI is InChI=1S/C22H23ClN2O3S/c1-22(27,14-9-11-15(28-2)12-10-14)18-8-5-13-25(18)21(26)24-20-19(23)16-6-3-4-7-17(16)29-20/h3-4,6-7,9-12,18,27H,5,8,13H2,1-2H3,(H,24,26). The number of halogens is 1. The van der Waals surface area contributed by atoms with Crippen LogP contribution in [0.2, 0.25) is 5.02 Å². The van der Waals surface area contributed by atoms with Crippen LogP contribution >= 0.6 is 22.9 Å². The van der Waals surface area contributed by atoms with Gasteiger partial charge in [-0.15, -0.1) is 11.3 Å². The van der Waals surface area contributed by atoms with E-state index >= 15 is 0 Å². The highest BCUT2D eigenvalue weighted by Gasteiger charge is 2.42. The van der Waals surface area contributed by atoms with Gasteiger partial charge in [-0.3, -0.25) is 5.32 Å². The first-order chi connectivity index (χ1) is 13.9. The van der Waals surface area contributed by atoms with Gasteiger partial charge in [-0.25, -0.2) is 4.79 Å². The summed E-state index contributed by atoms with van der Waals surface area (Å²) in [4.78, 5) is 14.8. The number of anilines is 1. The third-order valence-corrected chi connectivity index (χ3v) is 7.18. The highest BCUT2D eigenvalue weighted by atomic mass is 35.5. The number of likely N-dealkylation sites (tertiary alicyclic amines) is 1. The van der Waals surface area contributed by atoms with Crippen LogP contribution in [-0.4, -0.2) is 35.7 Å². The van der Waals surface area contributed by atoms with Gasteiger partial charge in [-0.05, 0) is 43.5 Å². The van der Waals surface area contributed by atoms with E-state index in [0.717, 1.165) is 34.2 Å². The second kappa shape index (κ2) is 7.86. The molecule has 7 heteroatoms. The molecule has 0 radical (unpaired) electrons. The molecule has 2 aromatic carbocycles.